The van der Waals surface area contributed by atoms with Crippen LogP contribution < -0.4 is 15.4 Å². The van der Waals surface area contributed by atoms with Crippen molar-refractivity contribution in [2.45, 2.75) is 6.92 Å². The van der Waals surface area contributed by atoms with Crippen LogP contribution in [0.25, 0.3) is 5.69 Å². The number of anilines is 3. The van der Waals surface area contributed by atoms with Gasteiger partial charge in [-0.2, -0.15) is 0 Å². The number of hydrogen-bond donors (Lipinski definition) is 0. The van der Waals surface area contributed by atoms with Gasteiger partial charge in [0.15, 0.2) is 0 Å². The lowest BCUT2D eigenvalue weighted by Gasteiger charge is -2.35. The van der Waals surface area contributed by atoms with Gasteiger partial charge in [-0.15, -0.1) is 0 Å². The third kappa shape index (κ3) is 3.14. The van der Waals surface area contributed by atoms with Crippen LogP contribution in [0.3, 0.4) is 0 Å². The summed E-state index contributed by atoms with van der Waals surface area (Å²) < 4.78 is 2.68. The molecule has 2 heterocycles. The molecule has 136 valence electrons. The number of pyridine rings is 1. The van der Waals surface area contributed by atoms with Crippen molar-refractivity contribution in [3.8, 4) is 5.69 Å². The monoisotopic (exact) mass is 471 g/mol. The third-order valence-corrected chi connectivity index (χ3v) is 5.42. The van der Waals surface area contributed by atoms with E-state index in [4.69, 9.17) is 0 Å². The minimum absolute atomic E-state index is 0.119. The van der Waals surface area contributed by atoms with Crippen molar-refractivity contribution in [1.29, 1.82) is 0 Å². The van der Waals surface area contributed by atoms with Crippen LogP contribution in [0.5, 0.6) is 0 Å². The number of fused-ring (bicyclic) bond motifs is 1. The molecule has 1 aromatic heterocycles. The number of benzene rings is 2. The Morgan fingerprint density at radius 1 is 0.889 bits per heavy atom. The lowest BCUT2D eigenvalue weighted by molar-refractivity contribution is -0.116. The zero-order valence-electron chi connectivity index (χ0n) is 15.0. The molecule has 4 rings (SSSR count). The maximum atomic E-state index is 13.4. The summed E-state index contributed by atoms with van der Waals surface area (Å²) in [6.07, 6.45) is 1.77. The van der Waals surface area contributed by atoms with Crippen molar-refractivity contribution >= 4 is 45.6 Å². The molecule has 0 saturated heterocycles. The van der Waals surface area contributed by atoms with E-state index in [1.807, 2.05) is 73.5 Å². The first-order valence-electron chi connectivity index (χ1n) is 8.58. The van der Waals surface area contributed by atoms with Crippen LogP contribution in [0.15, 0.2) is 65.6 Å². The summed E-state index contributed by atoms with van der Waals surface area (Å²) in [7, 11) is 1.83. The van der Waals surface area contributed by atoms with Gasteiger partial charge in [-0.05, 0) is 72.0 Å². The minimum atomic E-state index is -0.214. The molecule has 0 N–H and O–H groups in total. The molecular weight excluding hydrogens is 453 g/mol. The molecule has 0 fully saturated rings. The highest BCUT2D eigenvalue weighted by Gasteiger charge is 2.32. The molecule has 0 unspecified atom stereocenters. The highest BCUT2D eigenvalue weighted by Crippen LogP contribution is 2.35. The Morgan fingerprint density at radius 2 is 1.52 bits per heavy atom. The highest BCUT2D eigenvalue weighted by molar-refractivity contribution is 14.1. The number of aryl methyl sites for hydroxylation is 1. The molecule has 1 amide bonds. The molecule has 1 aliphatic rings. The predicted molar refractivity (Wildman–Crippen MR) is 116 cm³/mol. The van der Waals surface area contributed by atoms with Crippen molar-refractivity contribution in [2.24, 2.45) is 0 Å². The number of carbonyl (C=O) groups is 1. The van der Waals surface area contributed by atoms with Gasteiger partial charge < -0.3 is 4.90 Å². The van der Waals surface area contributed by atoms with E-state index in [-0.39, 0.29) is 18.0 Å². The van der Waals surface area contributed by atoms with E-state index < -0.39 is 0 Å². The molecule has 0 atom stereocenters. The zero-order chi connectivity index (χ0) is 19.1. The Kier molecular flexibility index (Phi) is 4.51. The Bertz CT molecular complexity index is 1070. The SMILES string of the molecule is Cc1ccc(N2C(=O)CN(C)c3ccn(-c4ccc(I)cc4)c(=O)c32)cc1. The number of likely N-dealkylation sites (N-methyl/N-ethyl adjacent to an activating group) is 1. The number of rotatable bonds is 2. The molecule has 2 aromatic carbocycles. The quantitative estimate of drug-likeness (QED) is 0.534. The fraction of sp³-hybridized carbons (Fsp3) is 0.143. The first-order chi connectivity index (χ1) is 13.0. The molecule has 0 spiro atoms. The number of halogens is 1. The fourth-order valence-electron chi connectivity index (χ4n) is 3.29. The van der Waals surface area contributed by atoms with E-state index in [0.717, 1.165) is 20.5 Å². The highest BCUT2D eigenvalue weighted by atomic mass is 127. The second kappa shape index (κ2) is 6.84. The molecule has 27 heavy (non-hydrogen) atoms. The summed E-state index contributed by atoms with van der Waals surface area (Å²) in [6, 6.07) is 17.3. The summed E-state index contributed by atoms with van der Waals surface area (Å²) in [5, 5.41) is 0. The summed E-state index contributed by atoms with van der Waals surface area (Å²) in [4.78, 5) is 29.6. The molecule has 0 bridgehead atoms. The zero-order valence-corrected chi connectivity index (χ0v) is 17.2. The van der Waals surface area contributed by atoms with Crippen LogP contribution in [0.4, 0.5) is 17.1 Å². The first-order valence-corrected chi connectivity index (χ1v) is 9.66. The Balaban J connectivity index is 1.93. The lowest BCUT2D eigenvalue weighted by atomic mass is 10.1. The number of carbonyl (C=O) groups excluding carboxylic acids is 1. The third-order valence-electron chi connectivity index (χ3n) is 4.70. The topological polar surface area (TPSA) is 45.6 Å². The molecule has 1 aliphatic heterocycles. The van der Waals surface area contributed by atoms with Crippen molar-refractivity contribution in [1.82, 2.24) is 4.57 Å². The van der Waals surface area contributed by atoms with Crippen LogP contribution in [-0.2, 0) is 4.79 Å². The van der Waals surface area contributed by atoms with E-state index in [1.165, 1.54) is 0 Å². The number of aromatic nitrogens is 1. The Hall–Kier alpha value is -2.61. The maximum Gasteiger partial charge on any atom is 0.281 e. The van der Waals surface area contributed by atoms with E-state index >= 15 is 0 Å². The summed E-state index contributed by atoms with van der Waals surface area (Å²) in [5.74, 6) is -0.119. The van der Waals surface area contributed by atoms with E-state index in [0.29, 0.717) is 11.4 Å². The normalized spacial score (nSPS) is 13.7. The second-order valence-electron chi connectivity index (χ2n) is 6.62. The van der Waals surface area contributed by atoms with Crippen LogP contribution in [0.2, 0.25) is 0 Å². The van der Waals surface area contributed by atoms with Gasteiger partial charge >= 0.3 is 0 Å². The van der Waals surface area contributed by atoms with Gasteiger partial charge in [0.1, 0.15) is 5.69 Å². The largest absolute Gasteiger partial charge is 0.363 e. The van der Waals surface area contributed by atoms with Crippen molar-refractivity contribution in [2.75, 3.05) is 23.4 Å². The van der Waals surface area contributed by atoms with Crippen LogP contribution in [-0.4, -0.2) is 24.1 Å². The molecule has 0 radical (unpaired) electrons. The average molecular weight is 471 g/mol. The van der Waals surface area contributed by atoms with Crippen LogP contribution in [0, 0.1) is 10.5 Å². The van der Waals surface area contributed by atoms with Gasteiger partial charge in [0.05, 0.1) is 12.2 Å². The number of hydrogen-bond acceptors (Lipinski definition) is 3. The predicted octanol–water partition coefficient (Wildman–Crippen LogP) is 3.87. The average Bonchev–Trinajstić information content (AvgIpc) is 2.65. The summed E-state index contributed by atoms with van der Waals surface area (Å²) in [6.45, 7) is 2.22. The fourth-order valence-corrected chi connectivity index (χ4v) is 3.65. The van der Waals surface area contributed by atoms with Crippen molar-refractivity contribution < 1.29 is 4.79 Å². The van der Waals surface area contributed by atoms with Gasteiger partial charge in [0, 0.05) is 28.2 Å². The lowest BCUT2D eigenvalue weighted by Crippen LogP contribution is -2.45. The van der Waals surface area contributed by atoms with E-state index in [1.54, 1.807) is 15.7 Å². The smallest absolute Gasteiger partial charge is 0.281 e. The van der Waals surface area contributed by atoms with Gasteiger partial charge in [-0.1, -0.05) is 17.7 Å². The summed E-state index contributed by atoms with van der Waals surface area (Å²) in [5.41, 5.74) is 3.50. The van der Waals surface area contributed by atoms with Crippen LogP contribution in [0.1, 0.15) is 5.56 Å². The van der Waals surface area contributed by atoms with Gasteiger partial charge in [-0.3, -0.25) is 19.1 Å². The van der Waals surface area contributed by atoms with Crippen molar-refractivity contribution in [3.63, 3.8) is 0 Å². The van der Waals surface area contributed by atoms with E-state index in [9.17, 15) is 9.59 Å². The molecule has 0 saturated carbocycles. The minimum Gasteiger partial charge on any atom is -0.363 e. The molecule has 6 heteroatoms. The molecule has 0 aliphatic carbocycles. The number of amides is 1. The summed E-state index contributed by atoms with van der Waals surface area (Å²) >= 11 is 2.23. The van der Waals surface area contributed by atoms with Gasteiger partial charge in [0.2, 0.25) is 0 Å². The Labute approximate surface area is 171 Å². The molecule has 3 aromatic rings. The molecular formula is C21H18IN3O2. The number of nitrogens with zero attached hydrogens (tertiary/aromatic N) is 3. The van der Waals surface area contributed by atoms with Crippen LogP contribution >= 0.6 is 22.6 Å². The van der Waals surface area contributed by atoms with Crippen molar-refractivity contribution in [3.05, 3.63) is 80.3 Å². The second-order valence-corrected chi connectivity index (χ2v) is 7.87. The molecule has 5 nitrogen and oxygen atoms in total. The standard InChI is InChI=1S/C21H18IN3O2/c1-14-3-7-17(8-4-14)25-19(26)13-23(2)18-11-12-24(21(27)20(18)25)16-9-5-15(22)6-10-16/h3-12H,13H2,1-2H3. The maximum absolute atomic E-state index is 13.4. The first kappa shape index (κ1) is 17.8. The Morgan fingerprint density at radius 3 is 2.19 bits per heavy atom. The van der Waals surface area contributed by atoms with Gasteiger partial charge in [0.25, 0.3) is 11.5 Å². The van der Waals surface area contributed by atoms with Gasteiger partial charge in [-0.25, -0.2) is 0 Å². The van der Waals surface area contributed by atoms with E-state index in [2.05, 4.69) is 22.6 Å².